The van der Waals surface area contributed by atoms with Gasteiger partial charge in [0.25, 0.3) is 0 Å². The van der Waals surface area contributed by atoms with Gasteiger partial charge in [-0.2, -0.15) is 5.10 Å². The number of aromatic amines is 1. The van der Waals surface area contributed by atoms with E-state index in [0.29, 0.717) is 11.5 Å². The van der Waals surface area contributed by atoms with Gasteiger partial charge in [0.05, 0.1) is 11.7 Å². The van der Waals surface area contributed by atoms with E-state index in [1.54, 1.807) is 0 Å². The summed E-state index contributed by atoms with van der Waals surface area (Å²) in [6, 6.07) is 6.89. The van der Waals surface area contributed by atoms with Crippen molar-refractivity contribution >= 4 is 16.6 Å². The molecule has 1 saturated carbocycles. The van der Waals surface area contributed by atoms with Crippen molar-refractivity contribution in [1.82, 2.24) is 10.2 Å². The van der Waals surface area contributed by atoms with Crippen LogP contribution >= 0.6 is 0 Å². The van der Waals surface area contributed by atoms with Crippen molar-refractivity contribution in [1.29, 1.82) is 0 Å². The monoisotopic (exact) mass is 229 g/mol. The van der Waals surface area contributed by atoms with Gasteiger partial charge in [-0.3, -0.25) is 5.10 Å². The van der Waals surface area contributed by atoms with Crippen LogP contribution in [-0.2, 0) is 0 Å². The van der Waals surface area contributed by atoms with Gasteiger partial charge in [-0.1, -0.05) is 13.8 Å². The van der Waals surface area contributed by atoms with Crippen LogP contribution in [0.3, 0.4) is 0 Å². The van der Waals surface area contributed by atoms with E-state index in [0.717, 1.165) is 16.8 Å². The molecule has 1 heterocycles. The Morgan fingerprint density at radius 2 is 2.24 bits per heavy atom. The van der Waals surface area contributed by atoms with Crippen LogP contribution in [0.5, 0.6) is 0 Å². The molecule has 17 heavy (non-hydrogen) atoms. The Labute approximate surface area is 102 Å². The van der Waals surface area contributed by atoms with E-state index in [2.05, 4.69) is 54.5 Å². The molecule has 0 saturated heterocycles. The van der Waals surface area contributed by atoms with Gasteiger partial charge >= 0.3 is 0 Å². The smallest absolute Gasteiger partial charge is 0.0651 e. The number of fused-ring (bicyclic) bond motifs is 1. The van der Waals surface area contributed by atoms with Crippen LogP contribution in [-0.4, -0.2) is 16.2 Å². The molecule has 0 bridgehead atoms. The standard InChI is InChI=1S/C14H19N3/c1-9(12-7-14(12,2)3)16-11-4-5-13-10(6-11)8-15-17-13/h4-6,8-9,12,16H,7H2,1-3H3,(H,15,17)/t9-,12-/m0/s1. The minimum absolute atomic E-state index is 0.520. The van der Waals surface area contributed by atoms with Gasteiger partial charge < -0.3 is 5.32 Å². The first-order valence-electron chi connectivity index (χ1n) is 6.26. The van der Waals surface area contributed by atoms with Crippen molar-refractivity contribution in [3.63, 3.8) is 0 Å². The van der Waals surface area contributed by atoms with Crippen LogP contribution < -0.4 is 5.32 Å². The summed E-state index contributed by atoms with van der Waals surface area (Å²) in [5.74, 6) is 0.794. The highest BCUT2D eigenvalue weighted by molar-refractivity contribution is 5.81. The van der Waals surface area contributed by atoms with Crippen molar-refractivity contribution in [2.24, 2.45) is 11.3 Å². The van der Waals surface area contributed by atoms with Gasteiger partial charge in [0, 0.05) is 17.1 Å². The fourth-order valence-corrected chi connectivity index (χ4v) is 2.76. The molecule has 2 aromatic rings. The molecular weight excluding hydrogens is 210 g/mol. The minimum atomic E-state index is 0.520. The molecule has 1 aliphatic carbocycles. The number of hydrogen-bond acceptors (Lipinski definition) is 2. The summed E-state index contributed by atoms with van der Waals surface area (Å²) in [6.45, 7) is 6.96. The lowest BCUT2D eigenvalue weighted by atomic mass is 10.0. The number of aromatic nitrogens is 2. The zero-order valence-electron chi connectivity index (χ0n) is 10.6. The second-order valence-electron chi connectivity index (χ2n) is 5.90. The molecule has 3 rings (SSSR count). The van der Waals surface area contributed by atoms with Crippen LogP contribution in [0.2, 0.25) is 0 Å². The van der Waals surface area contributed by atoms with Gasteiger partial charge in [0.1, 0.15) is 0 Å². The lowest BCUT2D eigenvalue weighted by Gasteiger charge is -2.16. The molecule has 1 aliphatic rings. The predicted molar refractivity (Wildman–Crippen MR) is 71.1 cm³/mol. The van der Waals surface area contributed by atoms with Crippen LogP contribution in [0.15, 0.2) is 24.4 Å². The van der Waals surface area contributed by atoms with E-state index >= 15 is 0 Å². The number of benzene rings is 1. The molecule has 0 amide bonds. The lowest BCUT2D eigenvalue weighted by molar-refractivity contribution is 0.519. The Balaban J connectivity index is 1.76. The SMILES string of the molecule is C[C@H](Nc1ccc2[nH]ncc2c1)[C@@H]1CC1(C)C. The third-order valence-corrected chi connectivity index (χ3v) is 4.03. The van der Waals surface area contributed by atoms with E-state index in [9.17, 15) is 0 Å². The average molecular weight is 229 g/mol. The van der Waals surface area contributed by atoms with Crippen LogP contribution in [0.25, 0.3) is 10.9 Å². The van der Waals surface area contributed by atoms with Crippen LogP contribution in [0.4, 0.5) is 5.69 Å². The summed E-state index contributed by atoms with van der Waals surface area (Å²) >= 11 is 0. The molecule has 0 radical (unpaired) electrons. The van der Waals surface area contributed by atoms with E-state index < -0.39 is 0 Å². The fraction of sp³-hybridized carbons (Fsp3) is 0.500. The highest BCUT2D eigenvalue weighted by atomic mass is 15.1. The Morgan fingerprint density at radius 3 is 2.94 bits per heavy atom. The first-order chi connectivity index (χ1) is 8.06. The second-order valence-corrected chi connectivity index (χ2v) is 5.90. The number of rotatable bonds is 3. The van der Waals surface area contributed by atoms with Crippen molar-refractivity contribution in [2.45, 2.75) is 33.2 Å². The molecule has 2 N–H and O–H groups in total. The normalized spacial score (nSPS) is 23.6. The second kappa shape index (κ2) is 3.49. The number of H-pyrrole nitrogens is 1. The summed E-state index contributed by atoms with van der Waals surface area (Å²) < 4.78 is 0. The molecule has 1 fully saturated rings. The highest BCUT2D eigenvalue weighted by Crippen LogP contribution is 2.53. The maximum absolute atomic E-state index is 4.04. The Hall–Kier alpha value is -1.51. The van der Waals surface area contributed by atoms with Crippen molar-refractivity contribution in [3.05, 3.63) is 24.4 Å². The first kappa shape index (κ1) is 10.6. The summed E-state index contributed by atoms with van der Waals surface area (Å²) in [5, 5.41) is 11.8. The number of hydrogen-bond donors (Lipinski definition) is 2. The molecule has 3 heteroatoms. The third kappa shape index (κ3) is 1.90. The zero-order chi connectivity index (χ0) is 12.0. The van der Waals surface area contributed by atoms with Crippen molar-refractivity contribution in [3.8, 4) is 0 Å². The maximum Gasteiger partial charge on any atom is 0.0651 e. The molecule has 1 aromatic carbocycles. The summed E-state index contributed by atoms with van der Waals surface area (Å²) in [7, 11) is 0. The van der Waals surface area contributed by atoms with Crippen molar-refractivity contribution in [2.75, 3.05) is 5.32 Å². The average Bonchev–Trinajstić information content (AvgIpc) is 2.73. The Morgan fingerprint density at radius 1 is 1.47 bits per heavy atom. The highest BCUT2D eigenvalue weighted by Gasteiger charge is 2.48. The quantitative estimate of drug-likeness (QED) is 0.846. The molecule has 90 valence electrons. The van der Waals surface area contributed by atoms with Crippen LogP contribution in [0.1, 0.15) is 27.2 Å². The topological polar surface area (TPSA) is 40.7 Å². The van der Waals surface area contributed by atoms with Crippen molar-refractivity contribution < 1.29 is 0 Å². The van der Waals surface area contributed by atoms with Gasteiger partial charge in [0.15, 0.2) is 0 Å². The Kier molecular flexibility index (Phi) is 2.18. The van der Waals surface area contributed by atoms with Crippen LogP contribution in [0, 0.1) is 11.3 Å². The maximum atomic E-state index is 4.04. The molecular formula is C14H19N3. The number of nitrogens with zero attached hydrogens (tertiary/aromatic N) is 1. The minimum Gasteiger partial charge on any atom is -0.382 e. The van der Waals surface area contributed by atoms with Gasteiger partial charge in [-0.25, -0.2) is 0 Å². The molecule has 2 atom stereocenters. The summed E-state index contributed by atoms with van der Waals surface area (Å²) in [6.07, 6.45) is 3.20. The zero-order valence-corrected chi connectivity index (χ0v) is 10.6. The molecule has 0 aliphatic heterocycles. The van der Waals surface area contributed by atoms with Gasteiger partial charge in [-0.15, -0.1) is 0 Å². The van der Waals surface area contributed by atoms with E-state index in [4.69, 9.17) is 0 Å². The molecule has 1 aromatic heterocycles. The molecule has 3 nitrogen and oxygen atoms in total. The van der Waals surface area contributed by atoms with E-state index in [-0.39, 0.29) is 0 Å². The number of anilines is 1. The Bertz CT molecular complexity index is 541. The van der Waals surface area contributed by atoms with Gasteiger partial charge in [-0.05, 0) is 42.9 Å². The number of nitrogens with one attached hydrogen (secondary N) is 2. The van der Waals surface area contributed by atoms with E-state index in [1.807, 2.05) is 6.20 Å². The van der Waals surface area contributed by atoms with Gasteiger partial charge in [0.2, 0.25) is 0 Å². The molecule has 0 unspecified atom stereocenters. The summed E-state index contributed by atoms with van der Waals surface area (Å²) in [4.78, 5) is 0. The first-order valence-corrected chi connectivity index (χ1v) is 6.26. The summed E-state index contributed by atoms with van der Waals surface area (Å²) in [5.41, 5.74) is 2.80. The molecule has 0 spiro atoms. The van der Waals surface area contributed by atoms with E-state index in [1.165, 1.54) is 12.1 Å². The third-order valence-electron chi connectivity index (χ3n) is 4.03. The lowest BCUT2D eigenvalue weighted by Crippen LogP contribution is -2.19. The largest absolute Gasteiger partial charge is 0.382 e. The predicted octanol–water partition coefficient (Wildman–Crippen LogP) is 3.41. The fourth-order valence-electron chi connectivity index (χ4n) is 2.76.